The first-order valence-corrected chi connectivity index (χ1v) is 9.64. The van der Waals surface area contributed by atoms with Gasteiger partial charge in [-0.25, -0.2) is 0 Å². The van der Waals surface area contributed by atoms with E-state index in [4.69, 9.17) is 4.74 Å². The minimum Gasteiger partial charge on any atom is -0.465 e. The molecule has 1 aromatic rings. The van der Waals surface area contributed by atoms with Gasteiger partial charge in [0.1, 0.15) is 0 Å². The molecule has 0 bridgehead atoms. The van der Waals surface area contributed by atoms with Crippen LogP contribution in [0.15, 0.2) is 40.7 Å². The van der Waals surface area contributed by atoms with E-state index >= 15 is 0 Å². The fourth-order valence-electron chi connectivity index (χ4n) is 2.38. The molecule has 0 spiro atoms. The Balaban J connectivity index is 0.000000251. The van der Waals surface area contributed by atoms with Crippen LogP contribution < -0.4 is 0 Å². The number of esters is 1. The van der Waals surface area contributed by atoms with E-state index in [1.54, 1.807) is 18.4 Å². The number of carbonyl (C=O) groups is 1. The minimum absolute atomic E-state index is 0.0128. The molecule has 138 valence electrons. The third-order valence-electron chi connectivity index (χ3n) is 3.73. The number of rotatable bonds is 6. The number of likely N-dealkylation sites (tertiary alicyclic amines) is 1. The van der Waals surface area contributed by atoms with E-state index in [0.717, 1.165) is 31.6 Å². The standard InChI is InChI=1S/C11H13NS.C9H17NO2/c1-3-5-10(12-2)7-8-11-6-4-9-13-11;1-3-6-12-9(11)8-4-5-10(2)7-8/h3-9H,1-2H3;8H,3-7H2,1-2H3/b5-3-,8-7+,12-10?;. The molecule has 2 heterocycles. The number of hydrogen-bond donors (Lipinski definition) is 0. The molecule has 5 heteroatoms. The molecule has 1 aliphatic heterocycles. The Hall–Kier alpha value is -1.72. The zero-order valence-electron chi connectivity index (χ0n) is 15.8. The third-order valence-corrected chi connectivity index (χ3v) is 4.57. The van der Waals surface area contributed by atoms with Crippen molar-refractivity contribution in [1.29, 1.82) is 0 Å². The van der Waals surface area contributed by atoms with Gasteiger partial charge in [-0.1, -0.05) is 19.1 Å². The summed E-state index contributed by atoms with van der Waals surface area (Å²) in [5, 5.41) is 2.07. The lowest BCUT2D eigenvalue weighted by molar-refractivity contribution is -0.148. The van der Waals surface area contributed by atoms with Gasteiger partial charge in [0.05, 0.1) is 18.2 Å². The summed E-state index contributed by atoms with van der Waals surface area (Å²) >= 11 is 1.73. The summed E-state index contributed by atoms with van der Waals surface area (Å²) in [5.41, 5.74) is 0.996. The largest absolute Gasteiger partial charge is 0.465 e. The van der Waals surface area contributed by atoms with Crippen molar-refractivity contribution in [2.24, 2.45) is 10.9 Å². The van der Waals surface area contributed by atoms with Gasteiger partial charge in [0, 0.05) is 18.5 Å². The Morgan fingerprint density at radius 3 is 2.80 bits per heavy atom. The first-order chi connectivity index (χ1) is 12.1. The number of thiophene rings is 1. The number of carbonyl (C=O) groups excluding carboxylic acids is 1. The molecule has 1 saturated heterocycles. The molecule has 0 aromatic carbocycles. The van der Waals surface area contributed by atoms with Crippen LogP contribution in [0.25, 0.3) is 6.08 Å². The van der Waals surface area contributed by atoms with Crippen molar-refractivity contribution < 1.29 is 9.53 Å². The highest BCUT2D eigenvalue weighted by Gasteiger charge is 2.26. The number of hydrogen-bond acceptors (Lipinski definition) is 5. The lowest BCUT2D eigenvalue weighted by Crippen LogP contribution is -2.21. The number of ether oxygens (including phenoxy) is 1. The molecule has 0 N–H and O–H groups in total. The molecule has 0 radical (unpaired) electrons. The first kappa shape index (κ1) is 21.3. The molecule has 1 aromatic heterocycles. The van der Waals surface area contributed by atoms with Gasteiger partial charge in [-0.15, -0.1) is 11.3 Å². The zero-order chi connectivity index (χ0) is 18.5. The summed E-state index contributed by atoms with van der Waals surface area (Å²) in [4.78, 5) is 18.8. The van der Waals surface area contributed by atoms with Crippen LogP contribution in [-0.2, 0) is 9.53 Å². The van der Waals surface area contributed by atoms with Crippen LogP contribution in [0, 0.1) is 5.92 Å². The lowest BCUT2D eigenvalue weighted by Gasteiger charge is -2.09. The van der Waals surface area contributed by atoms with Gasteiger partial charge in [0.15, 0.2) is 0 Å². The molecule has 1 unspecified atom stereocenters. The normalized spacial score (nSPS) is 18.6. The maximum Gasteiger partial charge on any atom is 0.310 e. The van der Waals surface area contributed by atoms with E-state index in [1.807, 2.05) is 45.2 Å². The number of aliphatic imine (C=N–C) groups is 1. The second-order valence-corrected chi connectivity index (χ2v) is 6.89. The summed E-state index contributed by atoms with van der Waals surface area (Å²) in [5.74, 6) is 0.114. The van der Waals surface area contributed by atoms with Crippen molar-refractivity contribution in [2.75, 3.05) is 33.8 Å². The lowest BCUT2D eigenvalue weighted by atomic mass is 10.1. The van der Waals surface area contributed by atoms with Crippen molar-refractivity contribution in [3.8, 4) is 0 Å². The SMILES string of the molecule is C/C=C\C(/C=C/c1cccs1)=NC.CCCOC(=O)C1CCN(C)C1. The average molecular weight is 363 g/mol. The molecule has 2 rings (SSSR count). The van der Waals surface area contributed by atoms with Gasteiger partial charge in [-0.3, -0.25) is 9.79 Å². The average Bonchev–Trinajstić information content (AvgIpc) is 3.28. The molecule has 0 saturated carbocycles. The second kappa shape index (κ2) is 12.6. The van der Waals surface area contributed by atoms with Crippen molar-refractivity contribution in [2.45, 2.75) is 26.7 Å². The quantitative estimate of drug-likeness (QED) is 0.560. The van der Waals surface area contributed by atoms with Crippen LogP contribution in [0.2, 0.25) is 0 Å². The van der Waals surface area contributed by atoms with Crippen LogP contribution in [0.5, 0.6) is 0 Å². The highest BCUT2D eigenvalue weighted by Crippen LogP contribution is 2.15. The van der Waals surface area contributed by atoms with E-state index < -0.39 is 0 Å². The predicted molar refractivity (Wildman–Crippen MR) is 108 cm³/mol. The molecular formula is C20H30N2O2S. The molecule has 0 amide bonds. The highest BCUT2D eigenvalue weighted by atomic mass is 32.1. The Labute approximate surface area is 155 Å². The number of nitrogens with zero attached hydrogens (tertiary/aromatic N) is 2. The van der Waals surface area contributed by atoms with E-state index in [0.29, 0.717) is 6.61 Å². The minimum atomic E-state index is -0.0128. The Morgan fingerprint density at radius 2 is 2.28 bits per heavy atom. The molecule has 25 heavy (non-hydrogen) atoms. The summed E-state index contributed by atoms with van der Waals surface area (Å²) in [7, 11) is 3.83. The van der Waals surface area contributed by atoms with E-state index in [-0.39, 0.29) is 11.9 Å². The van der Waals surface area contributed by atoms with Crippen LogP contribution in [0.1, 0.15) is 31.6 Å². The van der Waals surface area contributed by atoms with Crippen LogP contribution in [-0.4, -0.2) is 50.4 Å². The van der Waals surface area contributed by atoms with Crippen molar-refractivity contribution in [3.05, 3.63) is 40.6 Å². The molecule has 1 atom stereocenters. The molecule has 1 fully saturated rings. The maximum absolute atomic E-state index is 11.3. The molecular weight excluding hydrogens is 332 g/mol. The fourth-order valence-corrected chi connectivity index (χ4v) is 2.99. The maximum atomic E-state index is 11.3. The summed E-state index contributed by atoms with van der Waals surface area (Å²) < 4.78 is 5.06. The second-order valence-electron chi connectivity index (χ2n) is 5.91. The summed E-state index contributed by atoms with van der Waals surface area (Å²) in [6.45, 7) is 6.45. The molecule has 0 aliphatic carbocycles. The third kappa shape index (κ3) is 8.79. The smallest absolute Gasteiger partial charge is 0.310 e. The van der Waals surface area contributed by atoms with Crippen LogP contribution in [0.3, 0.4) is 0 Å². The Bertz CT molecular complexity index is 577. The van der Waals surface area contributed by atoms with E-state index in [9.17, 15) is 4.79 Å². The van der Waals surface area contributed by atoms with Gasteiger partial charge in [-0.2, -0.15) is 0 Å². The fraction of sp³-hybridized carbons (Fsp3) is 0.500. The first-order valence-electron chi connectivity index (χ1n) is 8.76. The van der Waals surface area contributed by atoms with Gasteiger partial charge >= 0.3 is 5.97 Å². The van der Waals surface area contributed by atoms with Gasteiger partial charge < -0.3 is 9.64 Å². The zero-order valence-corrected chi connectivity index (χ0v) is 16.6. The van der Waals surface area contributed by atoms with Crippen molar-refractivity contribution in [3.63, 3.8) is 0 Å². The molecule has 1 aliphatic rings. The molecule has 4 nitrogen and oxygen atoms in total. The summed E-state index contributed by atoms with van der Waals surface area (Å²) in [6.07, 6.45) is 9.94. The Morgan fingerprint density at radius 1 is 1.48 bits per heavy atom. The van der Waals surface area contributed by atoms with Gasteiger partial charge in [-0.05, 0) is 63.0 Å². The van der Waals surface area contributed by atoms with Gasteiger partial charge in [0.2, 0.25) is 0 Å². The number of allylic oxidation sites excluding steroid dienone is 3. The Kier molecular flexibility index (Phi) is 10.8. The van der Waals surface area contributed by atoms with Crippen LogP contribution >= 0.6 is 11.3 Å². The predicted octanol–water partition coefficient (Wildman–Crippen LogP) is 4.30. The topological polar surface area (TPSA) is 41.9 Å². The van der Waals surface area contributed by atoms with Crippen molar-refractivity contribution in [1.82, 2.24) is 4.90 Å². The van der Waals surface area contributed by atoms with E-state index in [1.165, 1.54) is 4.88 Å². The van der Waals surface area contributed by atoms with Crippen LogP contribution in [0.4, 0.5) is 0 Å². The van der Waals surface area contributed by atoms with Gasteiger partial charge in [0.25, 0.3) is 0 Å². The summed E-state index contributed by atoms with van der Waals surface area (Å²) in [6, 6.07) is 4.13. The monoisotopic (exact) mass is 362 g/mol. The highest BCUT2D eigenvalue weighted by molar-refractivity contribution is 7.10. The van der Waals surface area contributed by atoms with Crippen molar-refractivity contribution >= 4 is 29.1 Å². The van der Waals surface area contributed by atoms with E-state index in [2.05, 4.69) is 27.4 Å².